The Balaban J connectivity index is 1.97. The van der Waals surface area contributed by atoms with Gasteiger partial charge in [-0.25, -0.2) is 8.42 Å². The van der Waals surface area contributed by atoms with Crippen LogP contribution >= 0.6 is 11.6 Å². The van der Waals surface area contributed by atoms with Crippen molar-refractivity contribution in [2.24, 2.45) is 0 Å². The molecular weight excluding hydrogens is 326 g/mol. The average Bonchev–Trinajstić information content (AvgIpc) is 3.08. The van der Waals surface area contributed by atoms with Gasteiger partial charge in [0.2, 0.25) is 0 Å². The van der Waals surface area contributed by atoms with Gasteiger partial charge in [0, 0.05) is 17.8 Å². The van der Waals surface area contributed by atoms with Crippen LogP contribution in [0.5, 0.6) is 0 Å². The number of para-hydroxylation sites is 1. The molecule has 3 rings (SSSR count). The second-order valence-corrected chi connectivity index (χ2v) is 6.59. The molecule has 2 aromatic heterocycles. The number of nitriles is 1. The summed E-state index contributed by atoms with van der Waals surface area (Å²) in [7, 11) is -3.80. The number of sulfonamides is 1. The van der Waals surface area contributed by atoms with E-state index in [0.29, 0.717) is 16.2 Å². The van der Waals surface area contributed by atoms with Gasteiger partial charge >= 0.3 is 0 Å². The highest BCUT2D eigenvalue weighted by Crippen LogP contribution is 2.29. The van der Waals surface area contributed by atoms with Crippen LogP contribution in [0.2, 0.25) is 5.02 Å². The molecule has 2 heterocycles. The molecule has 1 aromatic carbocycles. The van der Waals surface area contributed by atoms with E-state index in [4.69, 9.17) is 16.9 Å². The maximum absolute atomic E-state index is 12.4. The average molecular weight is 336 g/mol. The minimum absolute atomic E-state index is 0.0163. The molecule has 0 bridgehead atoms. The fourth-order valence-corrected chi connectivity index (χ4v) is 3.29. The SMILES string of the molecule is N#CCn1cc(S(=O)(=O)Nc2cccc3c(Cl)c[nH]c23)cn1. The monoisotopic (exact) mass is 335 g/mol. The Kier molecular flexibility index (Phi) is 3.52. The van der Waals surface area contributed by atoms with Crippen LogP contribution in [0.3, 0.4) is 0 Å². The van der Waals surface area contributed by atoms with E-state index in [1.54, 1.807) is 24.4 Å². The second-order valence-electron chi connectivity index (χ2n) is 4.50. The van der Waals surface area contributed by atoms with E-state index >= 15 is 0 Å². The summed E-state index contributed by atoms with van der Waals surface area (Å²) in [5.74, 6) is 0. The lowest BCUT2D eigenvalue weighted by Gasteiger charge is -2.07. The zero-order valence-corrected chi connectivity index (χ0v) is 12.7. The third-order valence-electron chi connectivity index (χ3n) is 3.06. The van der Waals surface area contributed by atoms with Crippen LogP contribution in [0.25, 0.3) is 10.9 Å². The number of H-pyrrole nitrogens is 1. The second kappa shape index (κ2) is 5.36. The van der Waals surface area contributed by atoms with E-state index in [0.717, 1.165) is 5.39 Å². The molecule has 2 N–H and O–H groups in total. The van der Waals surface area contributed by atoms with Crippen molar-refractivity contribution in [1.82, 2.24) is 14.8 Å². The number of fused-ring (bicyclic) bond motifs is 1. The zero-order chi connectivity index (χ0) is 15.7. The highest BCUT2D eigenvalue weighted by atomic mass is 35.5. The van der Waals surface area contributed by atoms with Gasteiger partial charge in [0.05, 0.1) is 28.5 Å². The fraction of sp³-hybridized carbons (Fsp3) is 0.0769. The standard InChI is InChI=1S/C13H10ClN5O2S/c14-11-7-16-13-10(11)2-1-3-12(13)18-22(20,21)9-6-17-19(8-9)5-4-15/h1-3,6-8,16,18H,5H2. The molecule has 0 atom stereocenters. The van der Waals surface area contributed by atoms with Crippen LogP contribution < -0.4 is 4.72 Å². The zero-order valence-electron chi connectivity index (χ0n) is 11.1. The smallest absolute Gasteiger partial charge is 0.265 e. The molecule has 0 amide bonds. The van der Waals surface area contributed by atoms with Crippen molar-refractivity contribution in [2.45, 2.75) is 11.4 Å². The molecule has 0 fully saturated rings. The predicted octanol–water partition coefficient (Wildman–Crippen LogP) is 2.34. The van der Waals surface area contributed by atoms with Gasteiger partial charge in [-0.1, -0.05) is 23.7 Å². The molecule has 112 valence electrons. The van der Waals surface area contributed by atoms with E-state index in [-0.39, 0.29) is 11.4 Å². The maximum Gasteiger partial charge on any atom is 0.265 e. The first kappa shape index (κ1) is 14.4. The van der Waals surface area contributed by atoms with Crippen molar-refractivity contribution < 1.29 is 8.42 Å². The van der Waals surface area contributed by atoms with E-state index in [9.17, 15) is 8.42 Å². The number of anilines is 1. The molecule has 0 unspecified atom stereocenters. The Hall–Kier alpha value is -2.50. The largest absolute Gasteiger partial charge is 0.358 e. The van der Waals surface area contributed by atoms with Gasteiger partial charge < -0.3 is 4.98 Å². The Morgan fingerprint density at radius 3 is 3.05 bits per heavy atom. The predicted molar refractivity (Wildman–Crippen MR) is 82.0 cm³/mol. The molecule has 7 nitrogen and oxygen atoms in total. The first-order valence-corrected chi connectivity index (χ1v) is 8.05. The molecule has 9 heteroatoms. The lowest BCUT2D eigenvalue weighted by atomic mass is 10.2. The van der Waals surface area contributed by atoms with Gasteiger partial charge in [-0.05, 0) is 6.07 Å². The third-order valence-corrected chi connectivity index (χ3v) is 4.69. The lowest BCUT2D eigenvalue weighted by molar-refractivity contribution is 0.601. The van der Waals surface area contributed by atoms with Crippen molar-refractivity contribution in [1.29, 1.82) is 5.26 Å². The number of rotatable bonds is 4. The van der Waals surface area contributed by atoms with Crippen molar-refractivity contribution >= 4 is 38.2 Å². The molecule has 0 radical (unpaired) electrons. The molecular formula is C13H10ClN5O2S. The van der Waals surface area contributed by atoms with Crippen LogP contribution in [-0.4, -0.2) is 23.2 Å². The quantitative estimate of drug-likeness (QED) is 0.763. The lowest BCUT2D eigenvalue weighted by Crippen LogP contribution is -2.12. The van der Waals surface area contributed by atoms with Crippen molar-refractivity contribution in [3.8, 4) is 6.07 Å². The van der Waals surface area contributed by atoms with Crippen molar-refractivity contribution in [3.05, 3.63) is 41.8 Å². The summed E-state index contributed by atoms with van der Waals surface area (Å²) >= 11 is 6.02. The highest BCUT2D eigenvalue weighted by molar-refractivity contribution is 7.92. The summed E-state index contributed by atoms with van der Waals surface area (Å²) < 4.78 is 28.5. The Bertz CT molecular complexity index is 983. The summed E-state index contributed by atoms with van der Waals surface area (Å²) in [6.45, 7) is -0.0165. The molecule has 0 aliphatic carbocycles. The Morgan fingerprint density at radius 2 is 2.27 bits per heavy atom. The molecule has 0 aliphatic rings. The number of aromatic nitrogens is 3. The first-order chi connectivity index (χ1) is 10.5. The summed E-state index contributed by atoms with van der Waals surface area (Å²) in [4.78, 5) is 2.92. The molecule has 3 aromatic rings. The normalized spacial score (nSPS) is 11.5. The van der Waals surface area contributed by atoms with Gasteiger partial charge in [0.1, 0.15) is 11.4 Å². The van der Waals surface area contributed by atoms with E-state index in [1.165, 1.54) is 17.1 Å². The Morgan fingerprint density at radius 1 is 1.45 bits per heavy atom. The molecule has 22 heavy (non-hydrogen) atoms. The van der Waals surface area contributed by atoms with E-state index in [2.05, 4.69) is 14.8 Å². The van der Waals surface area contributed by atoms with E-state index in [1.807, 2.05) is 6.07 Å². The summed E-state index contributed by atoms with van der Waals surface area (Å²) in [5.41, 5.74) is 0.984. The number of hydrogen-bond donors (Lipinski definition) is 2. The van der Waals surface area contributed by atoms with Gasteiger partial charge in [0.15, 0.2) is 0 Å². The molecule has 0 spiro atoms. The van der Waals surface area contributed by atoms with Crippen LogP contribution in [0, 0.1) is 11.3 Å². The van der Waals surface area contributed by atoms with Gasteiger partial charge in [-0.3, -0.25) is 9.40 Å². The number of benzene rings is 1. The topological polar surface area (TPSA) is 104 Å². The number of nitrogens with zero attached hydrogens (tertiary/aromatic N) is 3. The number of aromatic amines is 1. The summed E-state index contributed by atoms with van der Waals surface area (Å²) in [6.07, 6.45) is 4.09. The fourth-order valence-electron chi connectivity index (χ4n) is 2.05. The molecule has 0 aliphatic heterocycles. The number of nitrogens with one attached hydrogen (secondary N) is 2. The first-order valence-electron chi connectivity index (χ1n) is 6.19. The van der Waals surface area contributed by atoms with Crippen molar-refractivity contribution in [3.63, 3.8) is 0 Å². The van der Waals surface area contributed by atoms with Gasteiger partial charge in [-0.15, -0.1) is 0 Å². The molecule has 0 saturated heterocycles. The van der Waals surface area contributed by atoms with Gasteiger partial charge in [-0.2, -0.15) is 10.4 Å². The highest BCUT2D eigenvalue weighted by Gasteiger charge is 2.18. The summed E-state index contributed by atoms with van der Waals surface area (Å²) in [6, 6.07) is 7.02. The summed E-state index contributed by atoms with van der Waals surface area (Å²) in [5, 5.41) is 13.7. The van der Waals surface area contributed by atoms with Crippen LogP contribution in [0.1, 0.15) is 0 Å². The third kappa shape index (κ3) is 2.52. The van der Waals surface area contributed by atoms with Crippen LogP contribution in [0.15, 0.2) is 41.7 Å². The minimum Gasteiger partial charge on any atom is -0.358 e. The van der Waals surface area contributed by atoms with E-state index < -0.39 is 10.0 Å². The van der Waals surface area contributed by atoms with Crippen LogP contribution in [-0.2, 0) is 16.6 Å². The molecule has 0 saturated carbocycles. The minimum atomic E-state index is -3.80. The Labute approximate surface area is 131 Å². The van der Waals surface area contributed by atoms with Crippen LogP contribution in [0.4, 0.5) is 5.69 Å². The number of halogens is 1. The van der Waals surface area contributed by atoms with Gasteiger partial charge in [0.25, 0.3) is 10.0 Å². The number of hydrogen-bond acceptors (Lipinski definition) is 4. The van der Waals surface area contributed by atoms with Crippen molar-refractivity contribution in [2.75, 3.05) is 4.72 Å². The maximum atomic E-state index is 12.4.